The van der Waals surface area contributed by atoms with Gasteiger partial charge >= 0.3 is 0 Å². The van der Waals surface area contributed by atoms with Crippen LogP contribution in [0.2, 0.25) is 0 Å². The third kappa shape index (κ3) is 4.92. The van der Waals surface area contributed by atoms with Crippen LogP contribution in [0.25, 0.3) is 44.5 Å². The minimum atomic E-state index is -0.229. The highest BCUT2D eigenvalue weighted by atomic mass is 15.1. The summed E-state index contributed by atoms with van der Waals surface area (Å²) in [6.07, 6.45) is 0. The van der Waals surface area contributed by atoms with E-state index < -0.39 is 0 Å². The fourth-order valence-corrected chi connectivity index (χ4v) is 9.29. The minimum absolute atomic E-state index is 0.0867. The molecule has 0 aliphatic heterocycles. The summed E-state index contributed by atoms with van der Waals surface area (Å²) in [6.45, 7) is 7.09. The first-order valence-electron chi connectivity index (χ1n) is 19.0. The second kappa shape index (κ2) is 12.3. The van der Waals surface area contributed by atoms with Gasteiger partial charge < -0.3 is 4.90 Å². The monoisotopic (exact) mass is 691 g/mol. The van der Waals surface area contributed by atoms with Gasteiger partial charge in [0.15, 0.2) is 0 Å². The summed E-state index contributed by atoms with van der Waals surface area (Å²) < 4.78 is 0. The molecule has 0 unspecified atom stereocenters. The Morgan fingerprint density at radius 1 is 0.315 bits per heavy atom. The zero-order chi connectivity index (χ0) is 36.4. The Kier molecular flexibility index (Phi) is 7.35. The molecule has 10 rings (SSSR count). The molecule has 0 fully saturated rings. The second-order valence-corrected chi connectivity index (χ2v) is 15.5. The fourth-order valence-electron chi connectivity index (χ4n) is 9.29. The molecule has 258 valence electrons. The maximum absolute atomic E-state index is 2.41. The van der Waals surface area contributed by atoms with Crippen LogP contribution in [0, 0.1) is 0 Å². The van der Waals surface area contributed by atoms with Crippen molar-refractivity contribution in [2.24, 2.45) is 0 Å². The summed E-state index contributed by atoms with van der Waals surface area (Å²) in [5.41, 5.74) is 20.1. The van der Waals surface area contributed by atoms with Crippen LogP contribution in [0.5, 0.6) is 0 Å². The van der Waals surface area contributed by atoms with Gasteiger partial charge in [0.05, 0.1) is 0 Å². The normalized spacial score (nSPS) is 14.1. The molecule has 8 aromatic rings. The van der Waals surface area contributed by atoms with Gasteiger partial charge in [0.25, 0.3) is 0 Å². The molecule has 2 aliphatic rings. The van der Waals surface area contributed by atoms with Gasteiger partial charge in [-0.15, -0.1) is 0 Å². The molecule has 0 atom stereocenters. The Bertz CT molecular complexity index is 2640. The Hall–Kier alpha value is -6.44. The molecule has 0 saturated carbocycles. The lowest BCUT2D eigenvalue weighted by Crippen LogP contribution is -2.22. The topological polar surface area (TPSA) is 3.24 Å². The molecule has 0 saturated heterocycles. The standard InChI is InChI=1S/C53H41N/c1-52(2)48-21-10-7-18-44(48)47-33-32-43(35-51(47)52)54(41-28-24-37(25-29-41)36-14-5-4-6-15-36)42-30-26-38(27-31-42)39-16-13-17-40(34-39)53(3)49-22-11-8-19-45(49)46-20-9-12-23-50(46)53/h4-35H,1-3H3. The average Bonchev–Trinajstić information content (AvgIpc) is 3.63. The van der Waals surface area contributed by atoms with E-state index in [0.29, 0.717) is 0 Å². The summed E-state index contributed by atoms with van der Waals surface area (Å²) in [4.78, 5) is 2.40. The minimum Gasteiger partial charge on any atom is -0.310 e. The van der Waals surface area contributed by atoms with Gasteiger partial charge in [-0.25, -0.2) is 0 Å². The van der Waals surface area contributed by atoms with Crippen LogP contribution in [0.1, 0.15) is 48.6 Å². The van der Waals surface area contributed by atoms with Gasteiger partial charge in [0, 0.05) is 27.9 Å². The molecule has 0 aromatic heterocycles. The van der Waals surface area contributed by atoms with E-state index in [1.165, 1.54) is 72.3 Å². The van der Waals surface area contributed by atoms with Gasteiger partial charge in [0.2, 0.25) is 0 Å². The summed E-state index contributed by atoms with van der Waals surface area (Å²) >= 11 is 0. The molecule has 0 bridgehead atoms. The molecule has 0 amide bonds. The van der Waals surface area contributed by atoms with Crippen molar-refractivity contribution >= 4 is 17.1 Å². The number of hydrogen-bond donors (Lipinski definition) is 0. The van der Waals surface area contributed by atoms with Crippen LogP contribution in [0.15, 0.2) is 194 Å². The molecule has 0 radical (unpaired) electrons. The highest BCUT2D eigenvalue weighted by molar-refractivity contribution is 5.87. The van der Waals surface area contributed by atoms with Crippen molar-refractivity contribution in [3.05, 3.63) is 222 Å². The van der Waals surface area contributed by atoms with Crippen molar-refractivity contribution in [1.82, 2.24) is 0 Å². The second-order valence-electron chi connectivity index (χ2n) is 15.5. The van der Waals surface area contributed by atoms with E-state index in [-0.39, 0.29) is 10.8 Å². The summed E-state index contributed by atoms with van der Waals surface area (Å²) in [5, 5.41) is 0. The summed E-state index contributed by atoms with van der Waals surface area (Å²) in [5.74, 6) is 0. The van der Waals surface area contributed by atoms with Crippen LogP contribution in [0.3, 0.4) is 0 Å². The maximum atomic E-state index is 2.41. The molecule has 0 N–H and O–H groups in total. The molecule has 1 heteroatoms. The lowest BCUT2D eigenvalue weighted by Gasteiger charge is -2.29. The van der Waals surface area contributed by atoms with Gasteiger partial charge in [0.1, 0.15) is 0 Å². The van der Waals surface area contributed by atoms with Crippen molar-refractivity contribution in [3.8, 4) is 44.5 Å². The van der Waals surface area contributed by atoms with Crippen LogP contribution in [0.4, 0.5) is 17.1 Å². The van der Waals surface area contributed by atoms with Crippen LogP contribution >= 0.6 is 0 Å². The largest absolute Gasteiger partial charge is 0.310 e. The Balaban J connectivity index is 1.05. The molecule has 8 aromatic carbocycles. The first kappa shape index (κ1) is 32.2. The van der Waals surface area contributed by atoms with Crippen molar-refractivity contribution in [2.45, 2.75) is 31.6 Å². The number of benzene rings is 8. The van der Waals surface area contributed by atoms with Crippen molar-refractivity contribution in [2.75, 3.05) is 4.90 Å². The van der Waals surface area contributed by atoms with Crippen molar-refractivity contribution in [1.29, 1.82) is 0 Å². The van der Waals surface area contributed by atoms with E-state index in [4.69, 9.17) is 0 Å². The van der Waals surface area contributed by atoms with Crippen molar-refractivity contribution < 1.29 is 0 Å². The lowest BCUT2D eigenvalue weighted by molar-refractivity contribution is 0.660. The Labute approximate surface area is 318 Å². The van der Waals surface area contributed by atoms with E-state index in [1.54, 1.807) is 0 Å². The number of hydrogen-bond acceptors (Lipinski definition) is 1. The zero-order valence-electron chi connectivity index (χ0n) is 30.9. The first-order valence-corrected chi connectivity index (χ1v) is 19.0. The Morgan fingerprint density at radius 2 is 0.759 bits per heavy atom. The van der Waals surface area contributed by atoms with Crippen LogP contribution < -0.4 is 4.90 Å². The van der Waals surface area contributed by atoms with Gasteiger partial charge in [-0.3, -0.25) is 0 Å². The molecule has 0 spiro atoms. The third-order valence-corrected chi connectivity index (χ3v) is 12.2. The fraction of sp³-hybridized carbons (Fsp3) is 0.0943. The van der Waals surface area contributed by atoms with Gasteiger partial charge in [-0.05, 0) is 122 Å². The molecular formula is C53H41N. The highest BCUT2D eigenvalue weighted by Gasteiger charge is 2.40. The summed E-state index contributed by atoms with van der Waals surface area (Å²) in [6, 6.07) is 71.6. The van der Waals surface area contributed by atoms with E-state index in [1.807, 2.05) is 0 Å². The number of nitrogens with zero attached hydrogens (tertiary/aromatic N) is 1. The average molecular weight is 692 g/mol. The number of fused-ring (bicyclic) bond motifs is 6. The first-order chi connectivity index (χ1) is 26.4. The van der Waals surface area contributed by atoms with Crippen LogP contribution in [-0.2, 0) is 10.8 Å². The van der Waals surface area contributed by atoms with Gasteiger partial charge in [-0.1, -0.05) is 166 Å². The third-order valence-electron chi connectivity index (χ3n) is 12.2. The predicted octanol–water partition coefficient (Wildman–Crippen LogP) is 14.1. The van der Waals surface area contributed by atoms with Gasteiger partial charge in [-0.2, -0.15) is 0 Å². The lowest BCUT2D eigenvalue weighted by atomic mass is 9.74. The quantitative estimate of drug-likeness (QED) is 0.168. The van der Waals surface area contributed by atoms with E-state index >= 15 is 0 Å². The van der Waals surface area contributed by atoms with E-state index in [9.17, 15) is 0 Å². The van der Waals surface area contributed by atoms with Crippen molar-refractivity contribution in [3.63, 3.8) is 0 Å². The molecule has 2 aliphatic carbocycles. The molecular weight excluding hydrogens is 651 g/mol. The smallest absolute Gasteiger partial charge is 0.0465 e. The molecule has 54 heavy (non-hydrogen) atoms. The highest BCUT2D eigenvalue weighted by Crippen LogP contribution is 2.53. The molecule has 0 heterocycles. The summed E-state index contributed by atoms with van der Waals surface area (Å²) in [7, 11) is 0. The zero-order valence-corrected chi connectivity index (χ0v) is 30.9. The van der Waals surface area contributed by atoms with Crippen LogP contribution in [-0.4, -0.2) is 0 Å². The SMILES string of the molecule is CC1(C)c2ccccc2-c2ccc(N(c3ccc(-c4ccccc4)cc3)c3ccc(-c4cccc(C5(C)c6ccccc6-c6ccccc65)c4)cc3)cc21. The maximum Gasteiger partial charge on any atom is 0.0465 e. The molecule has 1 nitrogen and oxygen atoms in total. The predicted molar refractivity (Wildman–Crippen MR) is 227 cm³/mol. The number of anilines is 3. The number of rotatable bonds is 6. The van der Waals surface area contributed by atoms with E-state index in [0.717, 1.165) is 17.1 Å². The Morgan fingerprint density at radius 3 is 1.37 bits per heavy atom. The van der Waals surface area contributed by atoms with E-state index in [2.05, 4.69) is 220 Å².